The lowest BCUT2D eigenvalue weighted by Crippen LogP contribution is -2.50. The van der Waals surface area contributed by atoms with E-state index in [4.69, 9.17) is 15.1 Å². The quantitative estimate of drug-likeness (QED) is 0.286. The fraction of sp³-hybridized carbons (Fsp3) is 0.857. The topological polar surface area (TPSA) is 164 Å². The number of carbonyl (C=O) groups excluding carboxylic acids is 2. The SMILES string of the molecule is NC(CONC(=O)[C@@H]1CC[C@H]2CN1C(=O)N2OS(=O)(=O)O)C1CCNCC1. The number of hydrogen-bond acceptors (Lipinski definition) is 8. The first kappa shape index (κ1) is 20.2. The van der Waals surface area contributed by atoms with E-state index >= 15 is 0 Å². The zero-order valence-electron chi connectivity index (χ0n) is 14.7. The normalized spacial score (nSPS) is 27.7. The average molecular weight is 407 g/mol. The van der Waals surface area contributed by atoms with Crippen LogP contribution in [-0.2, 0) is 24.3 Å². The highest BCUT2D eigenvalue weighted by Crippen LogP contribution is 2.30. The van der Waals surface area contributed by atoms with Crippen LogP contribution in [0.5, 0.6) is 0 Å². The van der Waals surface area contributed by atoms with Crippen molar-refractivity contribution in [3.8, 4) is 0 Å². The Morgan fingerprint density at radius 1 is 1.33 bits per heavy atom. The maximum atomic E-state index is 12.4. The minimum atomic E-state index is -4.82. The molecule has 3 aliphatic rings. The largest absolute Gasteiger partial charge is 0.418 e. The summed E-state index contributed by atoms with van der Waals surface area (Å²) in [5.41, 5.74) is 8.43. The van der Waals surface area contributed by atoms with Gasteiger partial charge in [0, 0.05) is 12.6 Å². The van der Waals surface area contributed by atoms with Gasteiger partial charge in [0.05, 0.1) is 12.6 Å². The number of nitrogens with two attached hydrogens (primary N) is 1. The predicted octanol–water partition coefficient (Wildman–Crippen LogP) is -1.64. The van der Waals surface area contributed by atoms with Gasteiger partial charge in [0.1, 0.15) is 6.04 Å². The number of piperidine rings is 2. The van der Waals surface area contributed by atoms with Crippen molar-refractivity contribution in [2.24, 2.45) is 11.7 Å². The van der Waals surface area contributed by atoms with Crippen molar-refractivity contribution in [3.05, 3.63) is 0 Å². The second-order valence-corrected chi connectivity index (χ2v) is 8.04. The molecule has 0 radical (unpaired) electrons. The Hall–Kier alpha value is -1.51. The van der Waals surface area contributed by atoms with Gasteiger partial charge in [0.2, 0.25) is 0 Å². The van der Waals surface area contributed by atoms with Crippen LogP contribution < -0.4 is 16.5 Å². The summed E-state index contributed by atoms with van der Waals surface area (Å²) in [4.78, 5) is 31.1. The van der Waals surface area contributed by atoms with Gasteiger partial charge in [-0.3, -0.25) is 14.2 Å². The van der Waals surface area contributed by atoms with Crippen LogP contribution in [0.4, 0.5) is 4.79 Å². The Kier molecular flexibility index (Phi) is 6.18. The van der Waals surface area contributed by atoms with E-state index in [9.17, 15) is 18.0 Å². The molecule has 3 atom stereocenters. The third-order valence-corrected chi connectivity index (χ3v) is 5.59. The van der Waals surface area contributed by atoms with Crippen molar-refractivity contribution < 1.29 is 31.7 Å². The smallest absolute Gasteiger partial charge is 0.325 e. The summed E-state index contributed by atoms with van der Waals surface area (Å²) in [5, 5.41) is 3.85. The molecular weight excluding hydrogens is 382 g/mol. The number of carbonyl (C=O) groups is 2. The molecule has 3 heterocycles. The first-order valence-corrected chi connectivity index (χ1v) is 10.3. The number of rotatable bonds is 7. The van der Waals surface area contributed by atoms with E-state index < -0.39 is 34.4 Å². The molecule has 3 amide bonds. The monoisotopic (exact) mass is 407 g/mol. The van der Waals surface area contributed by atoms with E-state index in [1.54, 1.807) is 0 Å². The van der Waals surface area contributed by atoms with Gasteiger partial charge in [-0.15, -0.1) is 4.28 Å². The molecule has 5 N–H and O–H groups in total. The van der Waals surface area contributed by atoms with E-state index in [0.29, 0.717) is 23.8 Å². The van der Waals surface area contributed by atoms with Gasteiger partial charge in [-0.25, -0.2) is 10.3 Å². The van der Waals surface area contributed by atoms with Crippen LogP contribution >= 0.6 is 0 Å². The molecule has 0 aromatic heterocycles. The number of nitrogens with zero attached hydrogens (tertiary/aromatic N) is 2. The van der Waals surface area contributed by atoms with Crippen molar-refractivity contribution in [1.82, 2.24) is 20.8 Å². The van der Waals surface area contributed by atoms with Gasteiger partial charge in [0.15, 0.2) is 0 Å². The lowest BCUT2D eigenvalue weighted by atomic mass is 9.91. The minimum absolute atomic E-state index is 0.126. The molecule has 154 valence electrons. The number of nitrogens with one attached hydrogen (secondary N) is 2. The summed E-state index contributed by atoms with van der Waals surface area (Å²) < 4.78 is 34.9. The van der Waals surface area contributed by atoms with E-state index in [0.717, 1.165) is 25.9 Å². The Labute approximate surface area is 157 Å². The first-order chi connectivity index (χ1) is 12.8. The molecule has 0 spiro atoms. The molecule has 1 unspecified atom stereocenters. The summed E-state index contributed by atoms with van der Waals surface area (Å²) >= 11 is 0. The van der Waals surface area contributed by atoms with Crippen LogP contribution in [0.1, 0.15) is 25.7 Å². The average Bonchev–Trinajstić information content (AvgIpc) is 2.86. The Morgan fingerprint density at radius 3 is 2.70 bits per heavy atom. The molecule has 0 aromatic carbocycles. The van der Waals surface area contributed by atoms with Crippen molar-refractivity contribution in [2.75, 3.05) is 26.2 Å². The van der Waals surface area contributed by atoms with Crippen LogP contribution in [0, 0.1) is 5.92 Å². The predicted molar refractivity (Wildman–Crippen MR) is 91.0 cm³/mol. The molecule has 3 saturated heterocycles. The zero-order valence-corrected chi connectivity index (χ0v) is 15.6. The molecule has 2 bridgehead atoms. The highest BCUT2D eigenvalue weighted by atomic mass is 32.3. The third kappa shape index (κ3) is 4.86. The second-order valence-electron chi connectivity index (χ2n) is 7.04. The zero-order chi connectivity index (χ0) is 19.6. The van der Waals surface area contributed by atoms with E-state index in [1.165, 1.54) is 4.90 Å². The maximum absolute atomic E-state index is 12.4. The molecule has 0 aromatic rings. The fourth-order valence-corrected chi connectivity index (χ4v) is 4.18. The lowest BCUT2D eigenvalue weighted by molar-refractivity contribution is -0.139. The van der Waals surface area contributed by atoms with Crippen LogP contribution in [0.15, 0.2) is 0 Å². The van der Waals surface area contributed by atoms with Gasteiger partial charge in [-0.05, 0) is 44.7 Å². The summed E-state index contributed by atoms with van der Waals surface area (Å²) in [7, 11) is -4.82. The highest BCUT2D eigenvalue weighted by Gasteiger charge is 2.49. The lowest BCUT2D eigenvalue weighted by Gasteiger charge is -2.30. The molecule has 0 saturated carbocycles. The number of fused-ring (bicyclic) bond motifs is 2. The van der Waals surface area contributed by atoms with E-state index in [2.05, 4.69) is 15.1 Å². The summed E-state index contributed by atoms with van der Waals surface area (Å²) in [6, 6.07) is -2.34. The number of urea groups is 1. The van der Waals surface area contributed by atoms with Crippen molar-refractivity contribution in [3.63, 3.8) is 0 Å². The molecular formula is C14H25N5O7S. The molecule has 0 aliphatic carbocycles. The molecule has 3 fully saturated rings. The molecule has 3 aliphatic heterocycles. The van der Waals surface area contributed by atoms with Gasteiger partial charge in [0.25, 0.3) is 5.91 Å². The summed E-state index contributed by atoms with van der Waals surface area (Å²) in [5.74, 6) is -0.182. The standard InChI is InChI=1S/C14H25N5O7S/c15-11(9-3-5-16-6-4-9)8-25-17-13(20)12-2-1-10-7-18(12)14(21)19(10)26-27(22,23)24/h9-12,16H,1-8,15H2,(H,17,20)(H,22,23,24)/t10-,11?,12-/m0/s1. The molecule has 3 rings (SSSR count). The number of hydrogen-bond donors (Lipinski definition) is 4. The van der Waals surface area contributed by atoms with Gasteiger partial charge >= 0.3 is 16.4 Å². The molecule has 13 heteroatoms. The number of hydroxylamine groups is 3. The van der Waals surface area contributed by atoms with E-state index in [1.807, 2.05) is 0 Å². The van der Waals surface area contributed by atoms with Crippen LogP contribution in [0.25, 0.3) is 0 Å². The summed E-state index contributed by atoms with van der Waals surface area (Å²) in [6.07, 6.45) is 2.57. The van der Waals surface area contributed by atoms with Crippen LogP contribution in [-0.4, -0.2) is 79.2 Å². The van der Waals surface area contributed by atoms with Crippen LogP contribution in [0.2, 0.25) is 0 Å². The van der Waals surface area contributed by atoms with Crippen molar-refractivity contribution >= 4 is 22.3 Å². The Balaban J connectivity index is 1.49. The third-order valence-electron chi connectivity index (χ3n) is 5.24. The second kappa shape index (κ2) is 8.24. The van der Waals surface area contributed by atoms with Gasteiger partial charge in [-0.1, -0.05) is 0 Å². The Bertz CT molecular complexity index is 669. The minimum Gasteiger partial charge on any atom is -0.325 e. The fourth-order valence-electron chi connectivity index (χ4n) is 3.79. The van der Waals surface area contributed by atoms with Gasteiger partial charge < -0.3 is 16.0 Å². The van der Waals surface area contributed by atoms with Crippen LogP contribution in [0.3, 0.4) is 0 Å². The van der Waals surface area contributed by atoms with Gasteiger partial charge in [-0.2, -0.15) is 13.5 Å². The van der Waals surface area contributed by atoms with Crippen molar-refractivity contribution in [2.45, 2.75) is 43.8 Å². The molecule has 27 heavy (non-hydrogen) atoms. The van der Waals surface area contributed by atoms with E-state index in [-0.39, 0.29) is 19.2 Å². The first-order valence-electron chi connectivity index (χ1n) is 8.91. The molecule has 12 nitrogen and oxygen atoms in total. The highest BCUT2D eigenvalue weighted by molar-refractivity contribution is 7.80. The van der Waals surface area contributed by atoms with Crippen molar-refractivity contribution in [1.29, 1.82) is 0 Å². The Morgan fingerprint density at radius 2 is 2.04 bits per heavy atom. The summed E-state index contributed by atoms with van der Waals surface area (Å²) in [6.45, 7) is 2.11. The number of amides is 3. The maximum Gasteiger partial charge on any atom is 0.418 e.